The lowest BCUT2D eigenvalue weighted by atomic mass is 10.1. The zero-order valence-corrected chi connectivity index (χ0v) is 15.5. The van der Waals surface area contributed by atoms with Crippen molar-refractivity contribution in [3.8, 4) is 11.5 Å². The Balaban J connectivity index is 1.43. The lowest BCUT2D eigenvalue weighted by Gasteiger charge is -2.22. The van der Waals surface area contributed by atoms with Crippen molar-refractivity contribution in [1.29, 1.82) is 0 Å². The fraction of sp³-hybridized carbons (Fsp3) is 0.250. The Kier molecular flexibility index (Phi) is 4.51. The molecule has 2 heterocycles. The molecule has 0 N–H and O–H groups in total. The van der Waals surface area contributed by atoms with Gasteiger partial charge >= 0.3 is 0 Å². The number of aromatic nitrogens is 2. The summed E-state index contributed by atoms with van der Waals surface area (Å²) in [6.07, 6.45) is 0.894. The van der Waals surface area contributed by atoms with E-state index in [0.29, 0.717) is 11.1 Å². The van der Waals surface area contributed by atoms with Crippen molar-refractivity contribution < 1.29 is 9.21 Å². The normalized spacial score (nSPS) is 15.9. The molecule has 1 atom stereocenters. The maximum Gasteiger partial charge on any atom is 0.277 e. The number of nitrogens with zero attached hydrogens (tertiary/aromatic N) is 3. The molecule has 2 aromatic carbocycles. The topological polar surface area (TPSA) is 59.2 Å². The Bertz CT molecular complexity index is 936. The van der Waals surface area contributed by atoms with Crippen LogP contribution in [0.3, 0.4) is 0 Å². The Labute approximate surface area is 156 Å². The third-order valence-corrected chi connectivity index (χ3v) is 5.30. The molecule has 0 radical (unpaired) electrons. The minimum Gasteiger partial charge on any atom is -0.411 e. The third-order valence-electron chi connectivity index (χ3n) is 4.50. The number of carbonyl (C=O) groups is 1. The zero-order valence-electron chi connectivity index (χ0n) is 14.7. The number of amides is 1. The predicted octanol–water partition coefficient (Wildman–Crippen LogP) is 4.11. The van der Waals surface area contributed by atoms with Crippen LogP contribution in [-0.2, 0) is 11.2 Å². The Hall–Kier alpha value is -2.60. The molecule has 0 fully saturated rings. The van der Waals surface area contributed by atoms with Crippen molar-refractivity contribution in [2.45, 2.75) is 31.5 Å². The summed E-state index contributed by atoms with van der Waals surface area (Å²) in [6, 6.07) is 16.1. The average molecular weight is 365 g/mol. The molecule has 1 amide bonds. The highest BCUT2D eigenvalue weighted by atomic mass is 32.2. The maximum atomic E-state index is 12.7. The second-order valence-corrected chi connectivity index (χ2v) is 7.40. The van der Waals surface area contributed by atoms with E-state index >= 15 is 0 Å². The standard InChI is InChI=1S/C20H19N3O2S/c1-13-7-9-15(10-8-13)19-21-22-20(25-19)26-12-18(24)23-14(2)11-16-5-3-4-6-17(16)23/h3-10,14H,11-12H2,1-2H3/t14-/m0/s1. The number of hydrogen-bond donors (Lipinski definition) is 0. The molecule has 0 saturated heterocycles. The van der Waals surface area contributed by atoms with Crippen LogP contribution in [0.15, 0.2) is 58.2 Å². The van der Waals surface area contributed by atoms with Gasteiger partial charge in [-0.3, -0.25) is 4.79 Å². The van der Waals surface area contributed by atoms with Crippen molar-refractivity contribution >= 4 is 23.4 Å². The monoisotopic (exact) mass is 365 g/mol. The lowest BCUT2D eigenvalue weighted by Crippen LogP contribution is -2.36. The summed E-state index contributed by atoms with van der Waals surface area (Å²) in [5.41, 5.74) is 4.28. The zero-order chi connectivity index (χ0) is 18.1. The van der Waals surface area contributed by atoms with Gasteiger partial charge in [0.1, 0.15) is 0 Å². The first-order valence-electron chi connectivity index (χ1n) is 8.55. The summed E-state index contributed by atoms with van der Waals surface area (Å²) in [5, 5.41) is 8.54. The Morgan fingerprint density at radius 3 is 2.77 bits per heavy atom. The summed E-state index contributed by atoms with van der Waals surface area (Å²) in [4.78, 5) is 14.6. The Morgan fingerprint density at radius 1 is 1.19 bits per heavy atom. The minimum atomic E-state index is 0.0579. The number of aryl methyl sites for hydroxylation is 1. The summed E-state index contributed by atoms with van der Waals surface area (Å²) in [6.45, 7) is 4.10. The van der Waals surface area contributed by atoms with Crippen molar-refractivity contribution in [2.24, 2.45) is 0 Å². The molecule has 3 aromatic rings. The second kappa shape index (κ2) is 6.96. The first-order valence-corrected chi connectivity index (χ1v) is 9.53. The van der Waals surface area contributed by atoms with Gasteiger partial charge in [-0.2, -0.15) is 0 Å². The van der Waals surface area contributed by atoms with Crippen LogP contribution < -0.4 is 4.90 Å². The smallest absolute Gasteiger partial charge is 0.277 e. The largest absolute Gasteiger partial charge is 0.411 e. The van der Waals surface area contributed by atoms with Gasteiger partial charge < -0.3 is 9.32 Å². The molecule has 1 aliphatic heterocycles. The molecule has 26 heavy (non-hydrogen) atoms. The first-order chi connectivity index (χ1) is 12.6. The van der Waals surface area contributed by atoms with Crippen LogP contribution in [-0.4, -0.2) is 27.9 Å². The summed E-state index contributed by atoms with van der Waals surface area (Å²) in [5.74, 6) is 0.802. The van der Waals surface area contributed by atoms with Gasteiger partial charge in [0.2, 0.25) is 11.8 Å². The third kappa shape index (κ3) is 3.24. The van der Waals surface area contributed by atoms with Gasteiger partial charge in [0.15, 0.2) is 0 Å². The SMILES string of the molecule is Cc1ccc(-c2nnc(SCC(=O)N3c4ccccc4C[C@@H]3C)o2)cc1. The summed E-state index contributed by atoms with van der Waals surface area (Å²) >= 11 is 1.28. The number of carbonyl (C=O) groups excluding carboxylic acids is 1. The van der Waals surface area contributed by atoms with Gasteiger partial charge in [0.05, 0.1) is 5.75 Å². The molecule has 0 saturated carbocycles. The highest BCUT2D eigenvalue weighted by molar-refractivity contribution is 7.99. The molecule has 132 valence electrons. The van der Waals surface area contributed by atoms with E-state index in [1.807, 2.05) is 54.3 Å². The van der Waals surface area contributed by atoms with E-state index in [4.69, 9.17) is 4.42 Å². The summed E-state index contributed by atoms with van der Waals surface area (Å²) < 4.78 is 5.69. The van der Waals surface area contributed by atoms with E-state index in [-0.39, 0.29) is 17.7 Å². The van der Waals surface area contributed by atoms with Crippen LogP contribution in [0.5, 0.6) is 0 Å². The van der Waals surface area contributed by atoms with Crippen LogP contribution in [0.4, 0.5) is 5.69 Å². The maximum absolute atomic E-state index is 12.7. The number of benzene rings is 2. The van der Waals surface area contributed by atoms with Gasteiger partial charge in [0.25, 0.3) is 5.22 Å². The number of anilines is 1. The van der Waals surface area contributed by atoms with Crippen molar-refractivity contribution in [2.75, 3.05) is 10.7 Å². The van der Waals surface area contributed by atoms with Crippen molar-refractivity contribution in [1.82, 2.24) is 10.2 Å². The number of para-hydroxylation sites is 1. The molecular weight excluding hydrogens is 346 g/mol. The van der Waals surface area contributed by atoms with Crippen molar-refractivity contribution in [3.05, 3.63) is 59.7 Å². The van der Waals surface area contributed by atoms with E-state index in [9.17, 15) is 4.79 Å². The number of rotatable bonds is 4. The van der Waals surface area contributed by atoms with Gasteiger partial charge in [0, 0.05) is 17.3 Å². The fourth-order valence-electron chi connectivity index (χ4n) is 3.22. The quantitative estimate of drug-likeness (QED) is 0.651. The van der Waals surface area contributed by atoms with E-state index in [0.717, 1.165) is 17.7 Å². The highest BCUT2D eigenvalue weighted by Gasteiger charge is 2.30. The van der Waals surface area contributed by atoms with Crippen LogP contribution in [0.25, 0.3) is 11.5 Å². The molecule has 0 spiro atoms. The molecule has 0 bridgehead atoms. The minimum absolute atomic E-state index is 0.0579. The van der Waals surface area contributed by atoms with E-state index in [1.165, 1.54) is 22.9 Å². The fourth-order valence-corrected chi connectivity index (χ4v) is 3.84. The molecule has 0 unspecified atom stereocenters. The summed E-state index contributed by atoms with van der Waals surface area (Å²) in [7, 11) is 0. The van der Waals surface area contributed by atoms with Crippen LogP contribution in [0.2, 0.25) is 0 Å². The van der Waals surface area contributed by atoms with Crippen molar-refractivity contribution in [3.63, 3.8) is 0 Å². The molecule has 1 aromatic heterocycles. The number of fused-ring (bicyclic) bond motifs is 1. The van der Waals surface area contributed by atoms with Crippen LogP contribution in [0.1, 0.15) is 18.1 Å². The van der Waals surface area contributed by atoms with E-state index in [1.54, 1.807) is 0 Å². The molecule has 1 aliphatic rings. The van der Waals surface area contributed by atoms with Gasteiger partial charge in [-0.25, -0.2) is 0 Å². The molecule has 4 rings (SSSR count). The predicted molar refractivity (Wildman–Crippen MR) is 102 cm³/mol. The molecule has 6 heteroatoms. The van der Waals surface area contributed by atoms with Gasteiger partial charge in [-0.05, 0) is 44.0 Å². The Morgan fingerprint density at radius 2 is 1.96 bits per heavy atom. The van der Waals surface area contributed by atoms with Crippen LogP contribution >= 0.6 is 11.8 Å². The van der Waals surface area contributed by atoms with E-state index in [2.05, 4.69) is 23.2 Å². The van der Waals surface area contributed by atoms with Gasteiger partial charge in [-0.1, -0.05) is 47.7 Å². The lowest BCUT2D eigenvalue weighted by molar-refractivity contribution is -0.116. The average Bonchev–Trinajstić information content (AvgIpc) is 3.24. The van der Waals surface area contributed by atoms with Crippen LogP contribution in [0, 0.1) is 6.92 Å². The van der Waals surface area contributed by atoms with E-state index < -0.39 is 0 Å². The van der Waals surface area contributed by atoms with Gasteiger partial charge in [-0.15, -0.1) is 10.2 Å². The molecular formula is C20H19N3O2S. The second-order valence-electron chi connectivity index (χ2n) is 6.47. The first kappa shape index (κ1) is 16.8. The number of hydrogen-bond acceptors (Lipinski definition) is 5. The highest BCUT2D eigenvalue weighted by Crippen LogP contribution is 2.33. The molecule has 0 aliphatic carbocycles. The molecule has 5 nitrogen and oxygen atoms in total. The number of thioether (sulfide) groups is 1.